The Kier molecular flexibility index (Phi) is 4.00. The maximum Gasteiger partial charge on any atom is 0.123 e. The zero-order chi connectivity index (χ0) is 20.3. The molecule has 0 bridgehead atoms. The second-order valence-electron chi connectivity index (χ2n) is 8.90. The van der Waals surface area contributed by atoms with Gasteiger partial charge in [-0.25, -0.2) is 9.07 Å². The fourth-order valence-corrected chi connectivity index (χ4v) is 6.48. The van der Waals surface area contributed by atoms with Crippen LogP contribution in [0.1, 0.15) is 36.6 Å². The molecule has 1 saturated carbocycles. The van der Waals surface area contributed by atoms with E-state index in [9.17, 15) is 4.39 Å². The quantitative estimate of drug-likeness (QED) is 0.359. The van der Waals surface area contributed by atoms with Gasteiger partial charge in [0.2, 0.25) is 0 Å². The standard InChI is InChI=1S/C26H23FN2S/c1-26-14-18-15-28-29(22-10-8-21(27)9-11-22)24(18)13-20(26)7-6-19(26)12-17-16-30-25-5-3-2-4-23(17)25/h2-5,8-11,13,15-16,19H,6-7,12,14H2,1H3. The molecular formula is C26H23FN2S. The minimum absolute atomic E-state index is 0.187. The highest BCUT2D eigenvalue weighted by molar-refractivity contribution is 7.17. The number of rotatable bonds is 3. The largest absolute Gasteiger partial charge is 0.233 e. The highest BCUT2D eigenvalue weighted by Gasteiger charge is 2.45. The Hall–Kier alpha value is -2.72. The Bertz CT molecular complexity index is 1280. The molecule has 0 radical (unpaired) electrons. The number of halogens is 1. The molecule has 2 atom stereocenters. The summed E-state index contributed by atoms with van der Waals surface area (Å²) in [6, 6.07) is 15.4. The highest BCUT2D eigenvalue weighted by atomic mass is 32.1. The zero-order valence-electron chi connectivity index (χ0n) is 16.9. The van der Waals surface area contributed by atoms with Crippen molar-refractivity contribution in [1.82, 2.24) is 9.78 Å². The number of hydrogen-bond acceptors (Lipinski definition) is 2. The van der Waals surface area contributed by atoms with Crippen LogP contribution in [0.3, 0.4) is 0 Å². The van der Waals surface area contributed by atoms with Gasteiger partial charge in [-0.3, -0.25) is 0 Å². The summed E-state index contributed by atoms with van der Waals surface area (Å²) in [4.78, 5) is 0. The molecule has 2 aromatic carbocycles. The molecular weight excluding hydrogens is 391 g/mol. The van der Waals surface area contributed by atoms with Gasteiger partial charge < -0.3 is 0 Å². The Morgan fingerprint density at radius 3 is 2.87 bits per heavy atom. The molecule has 0 aliphatic heterocycles. The van der Waals surface area contributed by atoms with Crippen molar-refractivity contribution in [3.8, 4) is 5.69 Å². The van der Waals surface area contributed by atoms with Gasteiger partial charge in [-0.1, -0.05) is 30.7 Å². The SMILES string of the molecule is CC12Cc3cnn(-c4ccc(F)cc4)c3C=C1CCC2Cc1csc2ccccc12. The molecule has 0 saturated heterocycles. The molecule has 4 aromatic rings. The van der Waals surface area contributed by atoms with Gasteiger partial charge in [-0.05, 0) is 95.3 Å². The third kappa shape index (κ3) is 2.70. The third-order valence-electron chi connectivity index (χ3n) is 7.25. The number of allylic oxidation sites excluding steroid dienone is 1. The van der Waals surface area contributed by atoms with Crippen molar-refractivity contribution >= 4 is 27.5 Å². The van der Waals surface area contributed by atoms with E-state index in [1.807, 2.05) is 22.2 Å². The second-order valence-corrected chi connectivity index (χ2v) is 9.82. The van der Waals surface area contributed by atoms with E-state index >= 15 is 0 Å². The first-order valence-corrected chi connectivity index (χ1v) is 11.5. The average molecular weight is 415 g/mol. The smallest absolute Gasteiger partial charge is 0.123 e. The summed E-state index contributed by atoms with van der Waals surface area (Å²) in [7, 11) is 0. The van der Waals surface area contributed by atoms with Crippen molar-refractivity contribution in [1.29, 1.82) is 0 Å². The molecule has 1 fully saturated rings. The molecule has 150 valence electrons. The van der Waals surface area contributed by atoms with E-state index < -0.39 is 0 Å². The van der Waals surface area contributed by atoms with Crippen LogP contribution < -0.4 is 0 Å². The Balaban J connectivity index is 1.34. The lowest BCUT2D eigenvalue weighted by Crippen LogP contribution is -2.30. The number of fused-ring (bicyclic) bond motifs is 3. The van der Waals surface area contributed by atoms with E-state index in [0.717, 1.165) is 30.6 Å². The first-order chi connectivity index (χ1) is 14.6. The Morgan fingerprint density at radius 1 is 1.17 bits per heavy atom. The minimum atomic E-state index is -0.217. The van der Waals surface area contributed by atoms with Gasteiger partial charge in [0.15, 0.2) is 0 Å². The van der Waals surface area contributed by atoms with Crippen LogP contribution in [0, 0.1) is 17.2 Å². The van der Waals surface area contributed by atoms with E-state index in [2.05, 4.69) is 47.7 Å². The average Bonchev–Trinajstić information content (AvgIpc) is 3.43. The Morgan fingerprint density at radius 2 is 2.00 bits per heavy atom. The fourth-order valence-electron chi connectivity index (χ4n) is 5.51. The van der Waals surface area contributed by atoms with E-state index in [-0.39, 0.29) is 11.2 Å². The van der Waals surface area contributed by atoms with Gasteiger partial charge in [0, 0.05) is 4.70 Å². The van der Waals surface area contributed by atoms with Crippen molar-refractivity contribution in [2.75, 3.05) is 0 Å². The molecule has 6 rings (SSSR count). The summed E-state index contributed by atoms with van der Waals surface area (Å²) < 4.78 is 16.7. The molecule has 0 spiro atoms. The van der Waals surface area contributed by atoms with Crippen molar-refractivity contribution in [2.45, 2.75) is 32.6 Å². The van der Waals surface area contributed by atoms with Gasteiger partial charge in [0.1, 0.15) is 5.82 Å². The maximum absolute atomic E-state index is 13.3. The van der Waals surface area contributed by atoms with Crippen molar-refractivity contribution in [2.24, 2.45) is 11.3 Å². The van der Waals surface area contributed by atoms with E-state index in [1.165, 1.54) is 39.8 Å². The predicted octanol–water partition coefficient (Wildman–Crippen LogP) is 6.82. The highest BCUT2D eigenvalue weighted by Crippen LogP contribution is 2.54. The minimum Gasteiger partial charge on any atom is -0.233 e. The first kappa shape index (κ1) is 18.1. The van der Waals surface area contributed by atoms with Crippen LogP contribution in [-0.4, -0.2) is 9.78 Å². The lowest BCUT2D eigenvalue weighted by atomic mass is 9.68. The molecule has 2 heterocycles. The first-order valence-electron chi connectivity index (χ1n) is 10.6. The van der Waals surface area contributed by atoms with Crippen molar-refractivity contribution < 1.29 is 4.39 Å². The van der Waals surface area contributed by atoms with E-state index in [1.54, 1.807) is 17.7 Å². The molecule has 2 unspecified atom stereocenters. The van der Waals surface area contributed by atoms with Crippen LogP contribution in [-0.2, 0) is 12.8 Å². The van der Waals surface area contributed by atoms with Gasteiger partial charge in [0.25, 0.3) is 0 Å². The van der Waals surface area contributed by atoms with Crippen LogP contribution in [0.5, 0.6) is 0 Å². The monoisotopic (exact) mass is 414 g/mol. The molecule has 4 heteroatoms. The molecule has 2 nitrogen and oxygen atoms in total. The summed E-state index contributed by atoms with van der Waals surface area (Å²) in [6.07, 6.45) is 8.92. The summed E-state index contributed by atoms with van der Waals surface area (Å²) in [6.45, 7) is 2.45. The Labute approximate surface area is 179 Å². The van der Waals surface area contributed by atoms with Crippen LogP contribution in [0.4, 0.5) is 4.39 Å². The number of hydrogen-bond donors (Lipinski definition) is 0. The predicted molar refractivity (Wildman–Crippen MR) is 122 cm³/mol. The van der Waals surface area contributed by atoms with Crippen LogP contribution >= 0.6 is 11.3 Å². The van der Waals surface area contributed by atoms with Crippen molar-refractivity contribution in [3.63, 3.8) is 0 Å². The third-order valence-corrected chi connectivity index (χ3v) is 8.26. The lowest BCUT2D eigenvalue weighted by molar-refractivity contribution is 0.270. The van der Waals surface area contributed by atoms with Crippen LogP contribution in [0.25, 0.3) is 21.8 Å². The van der Waals surface area contributed by atoms with Crippen LogP contribution in [0.15, 0.2) is 65.7 Å². The number of aromatic nitrogens is 2. The molecule has 0 amide bonds. The number of thiophene rings is 1. The van der Waals surface area contributed by atoms with Gasteiger partial charge in [-0.2, -0.15) is 5.10 Å². The summed E-state index contributed by atoms with van der Waals surface area (Å²) >= 11 is 1.86. The molecule has 0 N–H and O–H groups in total. The van der Waals surface area contributed by atoms with Gasteiger partial charge >= 0.3 is 0 Å². The van der Waals surface area contributed by atoms with E-state index in [4.69, 9.17) is 0 Å². The maximum atomic E-state index is 13.3. The van der Waals surface area contributed by atoms with Crippen LogP contribution in [0.2, 0.25) is 0 Å². The van der Waals surface area contributed by atoms with Gasteiger partial charge in [0.05, 0.1) is 17.6 Å². The normalized spacial score (nSPS) is 22.7. The molecule has 30 heavy (non-hydrogen) atoms. The molecule has 2 aliphatic rings. The summed E-state index contributed by atoms with van der Waals surface area (Å²) in [5.74, 6) is 0.425. The van der Waals surface area contributed by atoms with E-state index in [0.29, 0.717) is 5.92 Å². The molecule has 2 aromatic heterocycles. The lowest BCUT2D eigenvalue weighted by Gasteiger charge is -2.36. The van der Waals surface area contributed by atoms with Gasteiger partial charge in [-0.15, -0.1) is 11.3 Å². The zero-order valence-corrected chi connectivity index (χ0v) is 17.8. The fraction of sp³-hybridized carbons (Fsp3) is 0.269. The summed E-state index contributed by atoms with van der Waals surface area (Å²) in [5.41, 5.74) is 6.60. The number of benzene rings is 2. The second kappa shape index (κ2) is 6.64. The molecule has 2 aliphatic carbocycles. The van der Waals surface area contributed by atoms with Crippen molar-refractivity contribution in [3.05, 3.63) is 88.3 Å². The topological polar surface area (TPSA) is 17.8 Å². The summed E-state index contributed by atoms with van der Waals surface area (Å²) in [5, 5.41) is 8.43. The number of nitrogens with zero attached hydrogens (tertiary/aromatic N) is 2.